The maximum atomic E-state index is 12.9. The highest BCUT2D eigenvalue weighted by Crippen LogP contribution is 2.30. The largest absolute Gasteiger partial charge is 0.489 e. The van der Waals surface area contributed by atoms with Crippen LogP contribution in [0.2, 0.25) is 0 Å². The molecular formula is C20H19FN2O4. The molecule has 0 aliphatic carbocycles. The molecule has 140 valence electrons. The van der Waals surface area contributed by atoms with E-state index in [1.165, 1.54) is 24.3 Å². The third-order valence-electron chi connectivity index (χ3n) is 4.41. The number of nitrogens with zero attached hydrogens (tertiary/aromatic N) is 1. The number of fused-ring (bicyclic) bond motifs is 1. The summed E-state index contributed by atoms with van der Waals surface area (Å²) < 4.78 is 18.6. The van der Waals surface area contributed by atoms with Gasteiger partial charge in [0.1, 0.15) is 24.2 Å². The fourth-order valence-corrected chi connectivity index (χ4v) is 3.08. The molecule has 0 spiro atoms. The van der Waals surface area contributed by atoms with Gasteiger partial charge in [-0.2, -0.15) is 0 Å². The molecule has 1 aliphatic heterocycles. The molecule has 0 radical (unpaired) electrons. The van der Waals surface area contributed by atoms with Gasteiger partial charge in [-0.05, 0) is 41.8 Å². The summed E-state index contributed by atoms with van der Waals surface area (Å²) in [6.45, 7) is 3.62. The number of nitrogens with two attached hydrogens (primary N) is 1. The molecule has 0 bridgehead atoms. The van der Waals surface area contributed by atoms with Gasteiger partial charge in [-0.3, -0.25) is 19.3 Å². The van der Waals surface area contributed by atoms with Gasteiger partial charge in [-0.1, -0.05) is 26.0 Å². The molecule has 27 heavy (non-hydrogen) atoms. The molecule has 0 saturated heterocycles. The highest BCUT2D eigenvalue weighted by Gasteiger charge is 2.43. The van der Waals surface area contributed by atoms with Gasteiger partial charge in [0.15, 0.2) is 0 Å². The number of primary amides is 1. The Morgan fingerprint density at radius 1 is 1.07 bits per heavy atom. The van der Waals surface area contributed by atoms with Gasteiger partial charge in [0.25, 0.3) is 11.8 Å². The van der Waals surface area contributed by atoms with Crippen LogP contribution in [0.5, 0.6) is 5.75 Å². The molecule has 0 unspecified atom stereocenters. The van der Waals surface area contributed by atoms with Gasteiger partial charge in [0.2, 0.25) is 5.91 Å². The monoisotopic (exact) mass is 370 g/mol. The van der Waals surface area contributed by atoms with Crippen LogP contribution in [0.1, 0.15) is 40.1 Å². The fraction of sp³-hybridized carbons (Fsp3) is 0.250. The number of ether oxygens (including phenoxy) is 1. The van der Waals surface area contributed by atoms with Crippen molar-refractivity contribution < 1.29 is 23.5 Å². The number of amides is 3. The average molecular weight is 370 g/mol. The summed E-state index contributed by atoms with van der Waals surface area (Å²) in [6, 6.07) is 9.38. The van der Waals surface area contributed by atoms with Crippen LogP contribution < -0.4 is 10.5 Å². The standard InChI is InChI=1S/C20H19FN2O4/c1-11(2)17(18(22)24)23-19(25)15-8-7-14(9-16(15)20(23)26)27-10-12-3-5-13(21)6-4-12/h3-9,11,17H,10H2,1-2H3,(H2,22,24)/t17-/m0/s1. The van der Waals surface area contributed by atoms with E-state index in [9.17, 15) is 18.8 Å². The van der Waals surface area contributed by atoms with Gasteiger partial charge >= 0.3 is 0 Å². The second-order valence-corrected chi connectivity index (χ2v) is 6.69. The van der Waals surface area contributed by atoms with Crippen molar-refractivity contribution >= 4 is 17.7 Å². The van der Waals surface area contributed by atoms with Gasteiger partial charge in [0, 0.05) is 0 Å². The molecule has 2 aromatic rings. The van der Waals surface area contributed by atoms with E-state index in [1.807, 2.05) is 0 Å². The number of benzene rings is 2. The third kappa shape index (κ3) is 3.53. The summed E-state index contributed by atoms with van der Waals surface area (Å²) in [4.78, 5) is 38.0. The lowest BCUT2D eigenvalue weighted by Crippen LogP contribution is -2.50. The SMILES string of the molecule is CC(C)[C@@H](C(N)=O)N1C(=O)c2ccc(OCc3ccc(F)cc3)cc2C1=O. The zero-order chi connectivity index (χ0) is 19.7. The topological polar surface area (TPSA) is 89.7 Å². The molecule has 2 N–H and O–H groups in total. The number of imide groups is 1. The molecule has 0 aromatic heterocycles. The zero-order valence-electron chi connectivity index (χ0n) is 14.9. The molecule has 1 atom stereocenters. The van der Waals surface area contributed by atoms with E-state index >= 15 is 0 Å². The van der Waals surface area contributed by atoms with E-state index < -0.39 is 23.8 Å². The maximum Gasteiger partial charge on any atom is 0.262 e. The first-order valence-electron chi connectivity index (χ1n) is 8.48. The van der Waals surface area contributed by atoms with Crippen molar-refractivity contribution in [2.24, 2.45) is 11.7 Å². The van der Waals surface area contributed by atoms with Crippen LogP contribution in [-0.4, -0.2) is 28.7 Å². The van der Waals surface area contributed by atoms with Crippen molar-refractivity contribution in [3.8, 4) is 5.75 Å². The van der Waals surface area contributed by atoms with Crippen molar-refractivity contribution in [1.82, 2.24) is 4.90 Å². The smallest absolute Gasteiger partial charge is 0.262 e. The van der Waals surface area contributed by atoms with Crippen molar-refractivity contribution in [3.05, 3.63) is 65.0 Å². The summed E-state index contributed by atoms with van der Waals surface area (Å²) in [7, 11) is 0. The predicted molar refractivity (Wildman–Crippen MR) is 95.5 cm³/mol. The average Bonchev–Trinajstić information content (AvgIpc) is 2.86. The van der Waals surface area contributed by atoms with E-state index in [0.29, 0.717) is 5.75 Å². The molecule has 0 fully saturated rings. The van der Waals surface area contributed by atoms with Crippen molar-refractivity contribution in [2.45, 2.75) is 26.5 Å². The molecule has 3 rings (SSSR count). The van der Waals surface area contributed by atoms with Crippen molar-refractivity contribution in [2.75, 3.05) is 0 Å². The Morgan fingerprint density at radius 2 is 1.70 bits per heavy atom. The van der Waals surface area contributed by atoms with Gasteiger partial charge in [0.05, 0.1) is 11.1 Å². The predicted octanol–water partition coefficient (Wildman–Crippen LogP) is 2.51. The van der Waals surface area contributed by atoms with Gasteiger partial charge in [-0.15, -0.1) is 0 Å². The second-order valence-electron chi connectivity index (χ2n) is 6.69. The summed E-state index contributed by atoms with van der Waals surface area (Å²) in [5, 5.41) is 0. The first-order valence-corrected chi connectivity index (χ1v) is 8.48. The number of hydrogen-bond acceptors (Lipinski definition) is 4. The molecule has 6 nitrogen and oxygen atoms in total. The maximum absolute atomic E-state index is 12.9. The Balaban J connectivity index is 1.82. The minimum absolute atomic E-state index is 0.170. The third-order valence-corrected chi connectivity index (χ3v) is 4.41. The van der Waals surface area contributed by atoms with Crippen LogP contribution in [0.3, 0.4) is 0 Å². The quantitative estimate of drug-likeness (QED) is 0.791. The van der Waals surface area contributed by atoms with E-state index in [2.05, 4.69) is 0 Å². The normalized spacial score (nSPS) is 14.4. The van der Waals surface area contributed by atoms with Crippen LogP contribution in [0.25, 0.3) is 0 Å². The van der Waals surface area contributed by atoms with E-state index in [4.69, 9.17) is 10.5 Å². The summed E-state index contributed by atoms with van der Waals surface area (Å²) >= 11 is 0. The van der Waals surface area contributed by atoms with Crippen LogP contribution in [0.15, 0.2) is 42.5 Å². The van der Waals surface area contributed by atoms with Crippen LogP contribution >= 0.6 is 0 Å². The highest BCUT2D eigenvalue weighted by molar-refractivity contribution is 6.23. The van der Waals surface area contributed by atoms with E-state index in [-0.39, 0.29) is 29.5 Å². The minimum atomic E-state index is -1.01. The molecule has 1 aliphatic rings. The number of halogens is 1. The molecular weight excluding hydrogens is 351 g/mol. The van der Waals surface area contributed by atoms with Crippen LogP contribution in [-0.2, 0) is 11.4 Å². The highest BCUT2D eigenvalue weighted by atomic mass is 19.1. The van der Waals surface area contributed by atoms with Gasteiger partial charge in [-0.25, -0.2) is 4.39 Å². The van der Waals surface area contributed by atoms with Crippen LogP contribution in [0, 0.1) is 11.7 Å². The first kappa shape index (κ1) is 18.6. The molecule has 1 heterocycles. The summed E-state index contributed by atoms with van der Waals surface area (Å²) in [6.07, 6.45) is 0. The van der Waals surface area contributed by atoms with E-state index in [1.54, 1.807) is 32.0 Å². The lowest BCUT2D eigenvalue weighted by atomic mass is 10.0. The summed E-state index contributed by atoms with van der Waals surface area (Å²) in [5.41, 5.74) is 6.53. The number of hydrogen-bond donors (Lipinski definition) is 1. The Morgan fingerprint density at radius 3 is 2.30 bits per heavy atom. The number of carbonyl (C=O) groups excluding carboxylic acids is 3. The Kier molecular flexibility index (Phi) is 4.94. The fourth-order valence-electron chi connectivity index (χ4n) is 3.08. The lowest BCUT2D eigenvalue weighted by Gasteiger charge is -2.26. The summed E-state index contributed by atoms with van der Waals surface area (Å²) in [5.74, 6) is -2.10. The number of rotatable bonds is 6. The van der Waals surface area contributed by atoms with Crippen LogP contribution in [0.4, 0.5) is 4.39 Å². The molecule has 2 aromatic carbocycles. The molecule has 3 amide bonds. The lowest BCUT2D eigenvalue weighted by molar-refractivity contribution is -0.123. The minimum Gasteiger partial charge on any atom is -0.489 e. The van der Waals surface area contributed by atoms with Crippen molar-refractivity contribution in [3.63, 3.8) is 0 Å². The Labute approximate surface area is 155 Å². The Hall–Kier alpha value is -3.22. The second kappa shape index (κ2) is 7.19. The molecule has 7 heteroatoms. The Bertz CT molecular complexity index is 909. The van der Waals surface area contributed by atoms with E-state index in [0.717, 1.165) is 10.5 Å². The molecule has 0 saturated carbocycles. The van der Waals surface area contributed by atoms with Gasteiger partial charge < -0.3 is 10.5 Å². The first-order chi connectivity index (χ1) is 12.8. The zero-order valence-corrected chi connectivity index (χ0v) is 14.9. The van der Waals surface area contributed by atoms with Crippen molar-refractivity contribution in [1.29, 1.82) is 0 Å². The number of carbonyl (C=O) groups is 3.